The summed E-state index contributed by atoms with van der Waals surface area (Å²) in [6, 6.07) is 5.38. The van der Waals surface area contributed by atoms with Crippen molar-refractivity contribution in [3.63, 3.8) is 0 Å². The van der Waals surface area contributed by atoms with Gasteiger partial charge in [0.25, 0.3) is 11.5 Å². The van der Waals surface area contributed by atoms with Gasteiger partial charge in [-0.15, -0.1) is 0 Å². The number of hydrogen-bond acceptors (Lipinski definition) is 5. The van der Waals surface area contributed by atoms with Crippen LogP contribution in [0.4, 0.5) is 0 Å². The smallest absolute Gasteiger partial charge is 0.267 e. The van der Waals surface area contributed by atoms with Crippen LogP contribution in [-0.2, 0) is 13.1 Å². The zero-order valence-electron chi connectivity index (χ0n) is 19.3. The Kier molecular flexibility index (Phi) is 6.00. The first-order valence-electron chi connectivity index (χ1n) is 11.9. The van der Waals surface area contributed by atoms with Crippen LogP contribution in [0.15, 0.2) is 47.9 Å². The highest BCUT2D eigenvalue weighted by Crippen LogP contribution is 2.18. The summed E-state index contributed by atoms with van der Waals surface area (Å²) in [7, 11) is 0. The van der Waals surface area contributed by atoms with Crippen LogP contribution in [-0.4, -0.2) is 35.5 Å². The van der Waals surface area contributed by atoms with Gasteiger partial charge in [-0.1, -0.05) is 25.3 Å². The molecule has 9 nitrogen and oxygen atoms in total. The molecule has 0 aliphatic heterocycles. The van der Waals surface area contributed by atoms with E-state index in [9.17, 15) is 9.59 Å². The van der Waals surface area contributed by atoms with Crippen molar-refractivity contribution in [3.05, 3.63) is 70.1 Å². The van der Waals surface area contributed by atoms with Crippen molar-refractivity contribution in [2.24, 2.45) is 0 Å². The van der Waals surface area contributed by atoms with Crippen LogP contribution >= 0.6 is 0 Å². The molecule has 0 unspecified atom stereocenters. The average molecular weight is 460 g/mol. The number of fused-ring (bicyclic) bond motifs is 2. The maximum Gasteiger partial charge on any atom is 0.267 e. The van der Waals surface area contributed by atoms with E-state index in [1.807, 2.05) is 23.8 Å². The average Bonchev–Trinajstić information content (AvgIpc) is 3.35. The minimum Gasteiger partial charge on any atom is -0.349 e. The Morgan fingerprint density at radius 2 is 2.03 bits per heavy atom. The summed E-state index contributed by atoms with van der Waals surface area (Å²) in [6.07, 6.45) is 13.1. The predicted octanol–water partition coefficient (Wildman–Crippen LogP) is 2.79. The first kappa shape index (κ1) is 22.1. The number of aryl methyl sites for hydroxylation is 3. The zero-order valence-corrected chi connectivity index (χ0v) is 19.3. The van der Waals surface area contributed by atoms with Crippen molar-refractivity contribution in [1.29, 1.82) is 5.41 Å². The molecule has 4 aromatic rings. The van der Waals surface area contributed by atoms with Crippen molar-refractivity contribution in [2.75, 3.05) is 0 Å². The van der Waals surface area contributed by atoms with Gasteiger partial charge < -0.3 is 14.5 Å². The fraction of sp³-hybridized carbons (Fsp3) is 0.400. The van der Waals surface area contributed by atoms with E-state index in [1.165, 1.54) is 10.8 Å². The van der Waals surface area contributed by atoms with Gasteiger partial charge in [-0.25, -0.2) is 9.97 Å². The van der Waals surface area contributed by atoms with E-state index in [-0.39, 0.29) is 28.6 Å². The minimum atomic E-state index is -0.295. The van der Waals surface area contributed by atoms with Crippen molar-refractivity contribution in [3.8, 4) is 0 Å². The molecule has 34 heavy (non-hydrogen) atoms. The molecule has 0 bridgehead atoms. The van der Waals surface area contributed by atoms with Gasteiger partial charge in [0.05, 0.1) is 17.3 Å². The van der Waals surface area contributed by atoms with Gasteiger partial charge in [-0.3, -0.25) is 19.4 Å². The van der Waals surface area contributed by atoms with Gasteiger partial charge in [0, 0.05) is 37.7 Å². The summed E-state index contributed by atoms with van der Waals surface area (Å²) >= 11 is 0. The quantitative estimate of drug-likeness (QED) is 0.432. The molecule has 1 amide bonds. The van der Waals surface area contributed by atoms with E-state index in [4.69, 9.17) is 10.4 Å². The molecule has 0 atom stereocenters. The van der Waals surface area contributed by atoms with E-state index in [0.29, 0.717) is 36.2 Å². The second kappa shape index (κ2) is 9.24. The van der Waals surface area contributed by atoms with Gasteiger partial charge in [-0.2, -0.15) is 0 Å². The third kappa shape index (κ3) is 4.25. The molecule has 1 fully saturated rings. The molecule has 1 aliphatic carbocycles. The molecule has 1 saturated carbocycles. The predicted molar refractivity (Wildman–Crippen MR) is 129 cm³/mol. The van der Waals surface area contributed by atoms with E-state index in [1.54, 1.807) is 35.4 Å². The fourth-order valence-electron chi connectivity index (χ4n) is 4.77. The number of rotatable bonds is 6. The van der Waals surface area contributed by atoms with Gasteiger partial charge in [-0.05, 0) is 43.9 Å². The summed E-state index contributed by atoms with van der Waals surface area (Å²) in [6.45, 7) is 3.08. The molecule has 4 aromatic heterocycles. The van der Waals surface area contributed by atoms with Crippen LogP contribution in [0.3, 0.4) is 0 Å². The number of amides is 1. The number of pyridine rings is 2. The number of nitrogens with zero attached hydrogens (tertiary/aromatic N) is 5. The molecule has 176 valence electrons. The number of carbonyl (C=O) groups excluding carboxylic acids is 1. The molecule has 0 aromatic carbocycles. The lowest BCUT2D eigenvalue weighted by Gasteiger charge is -2.23. The summed E-state index contributed by atoms with van der Waals surface area (Å²) in [4.78, 5) is 35.5. The summed E-state index contributed by atoms with van der Waals surface area (Å²) < 4.78 is 5.18. The molecule has 0 spiro atoms. The van der Waals surface area contributed by atoms with Crippen LogP contribution in [0.2, 0.25) is 0 Å². The SMILES string of the molecule is Cc1ccc2nc3c(cc(C(=O)NC4CCCCC4)c(=N)n3CCCn3ccnc3)c(=O)n2c1. The molecule has 1 aliphatic rings. The second-order valence-corrected chi connectivity index (χ2v) is 9.11. The Balaban J connectivity index is 1.60. The molecule has 5 rings (SSSR count). The highest BCUT2D eigenvalue weighted by atomic mass is 16.2. The monoisotopic (exact) mass is 459 g/mol. The van der Waals surface area contributed by atoms with Crippen LogP contribution in [0, 0.1) is 12.3 Å². The number of hydrogen-bond donors (Lipinski definition) is 2. The maximum atomic E-state index is 13.4. The van der Waals surface area contributed by atoms with Gasteiger partial charge in [0.15, 0.2) is 0 Å². The molecule has 4 heterocycles. The van der Waals surface area contributed by atoms with E-state index < -0.39 is 0 Å². The number of imidazole rings is 1. The van der Waals surface area contributed by atoms with Crippen molar-refractivity contribution >= 4 is 22.6 Å². The van der Waals surface area contributed by atoms with Crippen LogP contribution in [0.5, 0.6) is 0 Å². The van der Waals surface area contributed by atoms with E-state index in [0.717, 1.165) is 31.2 Å². The fourth-order valence-corrected chi connectivity index (χ4v) is 4.77. The highest BCUT2D eigenvalue weighted by molar-refractivity contribution is 5.97. The van der Waals surface area contributed by atoms with Gasteiger partial charge in [0.2, 0.25) is 0 Å². The largest absolute Gasteiger partial charge is 0.349 e. The Bertz CT molecular complexity index is 1460. The minimum absolute atomic E-state index is 0.0785. The number of carbonyl (C=O) groups is 1. The first-order chi connectivity index (χ1) is 16.5. The van der Waals surface area contributed by atoms with Crippen molar-refractivity contribution in [1.82, 2.24) is 28.8 Å². The molecule has 2 N–H and O–H groups in total. The standard InChI is InChI=1S/C25H29N7O2/c1-17-8-9-21-29-23-20(25(34)32(21)15-17)14-19(24(33)28-18-6-3-2-4-7-18)22(26)31(23)12-5-11-30-13-10-27-16-30/h8-10,13-16,18,26H,2-7,11-12H2,1H3,(H,28,33). The number of nitrogens with one attached hydrogen (secondary N) is 2. The molecule has 0 saturated heterocycles. The lowest BCUT2D eigenvalue weighted by molar-refractivity contribution is 0.0925. The van der Waals surface area contributed by atoms with Gasteiger partial charge >= 0.3 is 0 Å². The molecule has 0 radical (unpaired) electrons. The lowest BCUT2D eigenvalue weighted by atomic mass is 9.95. The van der Waals surface area contributed by atoms with E-state index in [2.05, 4.69) is 10.3 Å². The second-order valence-electron chi connectivity index (χ2n) is 9.11. The normalized spacial score (nSPS) is 14.6. The Morgan fingerprint density at radius 1 is 1.21 bits per heavy atom. The van der Waals surface area contributed by atoms with Gasteiger partial charge in [0.1, 0.15) is 16.8 Å². The van der Waals surface area contributed by atoms with Crippen LogP contribution in [0.25, 0.3) is 16.7 Å². The summed E-state index contributed by atoms with van der Waals surface area (Å²) in [5, 5.41) is 12.3. The van der Waals surface area contributed by atoms with Crippen LogP contribution < -0.4 is 16.4 Å². The van der Waals surface area contributed by atoms with Crippen molar-refractivity contribution < 1.29 is 4.79 Å². The zero-order chi connectivity index (χ0) is 23.7. The topological polar surface area (TPSA) is 110 Å². The molecule has 9 heteroatoms. The first-order valence-corrected chi connectivity index (χ1v) is 11.9. The Labute approximate surface area is 196 Å². The lowest BCUT2D eigenvalue weighted by Crippen LogP contribution is -2.40. The summed E-state index contributed by atoms with van der Waals surface area (Å²) in [5.41, 5.74) is 1.95. The Hall–Kier alpha value is -3.75. The highest BCUT2D eigenvalue weighted by Gasteiger charge is 2.21. The van der Waals surface area contributed by atoms with E-state index >= 15 is 0 Å². The third-order valence-corrected chi connectivity index (χ3v) is 6.60. The molecular formula is C25H29N7O2. The van der Waals surface area contributed by atoms with Crippen molar-refractivity contribution in [2.45, 2.75) is 64.6 Å². The Morgan fingerprint density at radius 3 is 2.79 bits per heavy atom. The third-order valence-electron chi connectivity index (χ3n) is 6.60. The summed E-state index contributed by atoms with van der Waals surface area (Å²) in [5.74, 6) is -0.295. The van der Waals surface area contributed by atoms with Crippen LogP contribution in [0.1, 0.15) is 54.4 Å². The number of aromatic nitrogens is 5. The molecular weight excluding hydrogens is 430 g/mol. The maximum absolute atomic E-state index is 13.4.